The number of alkyl halides is 3. The topological polar surface area (TPSA) is 0 Å². The summed E-state index contributed by atoms with van der Waals surface area (Å²) < 4.78 is 35.4. The second kappa shape index (κ2) is 9.98. The van der Waals surface area contributed by atoms with Gasteiger partial charge in [-0.15, -0.1) is 0 Å². The SMILES string of the molecule is CCCCCCCCCCCCC(F)(F)F. The molecule has 0 aliphatic carbocycles. The van der Waals surface area contributed by atoms with Gasteiger partial charge in [-0.3, -0.25) is 0 Å². The van der Waals surface area contributed by atoms with Gasteiger partial charge in [0.1, 0.15) is 0 Å². The molecule has 0 rings (SSSR count). The first-order chi connectivity index (χ1) is 7.56. The Morgan fingerprint density at radius 1 is 0.625 bits per heavy atom. The summed E-state index contributed by atoms with van der Waals surface area (Å²) in [7, 11) is 0. The summed E-state index contributed by atoms with van der Waals surface area (Å²) in [6.07, 6.45) is 6.14. The van der Waals surface area contributed by atoms with Crippen LogP contribution in [0, 0.1) is 0 Å². The zero-order chi connectivity index (χ0) is 12.3. The van der Waals surface area contributed by atoms with Gasteiger partial charge in [0.15, 0.2) is 0 Å². The van der Waals surface area contributed by atoms with Crippen LogP contribution in [0.2, 0.25) is 0 Å². The molecule has 0 amide bonds. The normalized spacial score (nSPS) is 12.0. The van der Waals surface area contributed by atoms with Crippen molar-refractivity contribution in [2.45, 2.75) is 83.7 Å². The van der Waals surface area contributed by atoms with Gasteiger partial charge < -0.3 is 0 Å². The standard InChI is InChI=1S/C13H25F3/c1-2-3-4-5-6-7-8-9-10-11-12-13(14,15)16/h2-12H2,1H3. The van der Waals surface area contributed by atoms with Crippen molar-refractivity contribution in [2.24, 2.45) is 0 Å². The van der Waals surface area contributed by atoms with Crippen molar-refractivity contribution in [2.75, 3.05) is 0 Å². The van der Waals surface area contributed by atoms with Crippen molar-refractivity contribution in [3.8, 4) is 0 Å². The molecule has 0 aliphatic rings. The highest BCUT2D eigenvalue weighted by molar-refractivity contribution is 4.52. The highest BCUT2D eigenvalue weighted by Crippen LogP contribution is 2.23. The monoisotopic (exact) mass is 238 g/mol. The summed E-state index contributed by atoms with van der Waals surface area (Å²) in [6.45, 7) is 2.20. The molecule has 0 nitrogen and oxygen atoms in total. The van der Waals surface area contributed by atoms with Crippen molar-refractivity contribution < 1.29 is 13.2 Å². The second-order valence-corrected chi connectivity index (χ2v) is 4.55. The van der Waals surface area contributed by atoms with Crippen LogP contribution in [0.3, 0.4) is 0 Å². The first kappa shape index (κ1) is 15.8. The van der Waals surface area contributed by atoms with Crippen LogP contribution < -0.4 is 0 Å². The molecule has 0 atom stereocenters. The van der Waals surface area contributed by atoms with Gasteiger partial charge in [0.05, 0.1) is 0 Å². The number of halogens is 3. The fourth-order valence-corrected chi connectivity index (χ4v) is 1.81. The number of unbranched alkanes of at least 4 members (excludes halogenated alkanes) is 9. The van der Waals surface area contributed by atoms with E-state index in [0.717, 1.165) is 19.3 Å². The lowest BCUT2D eigenvalue weighted by Crippen LogP contribution is -2.06. The van der Waals surface area contributed by atoms with E-state index in [2.05, 4.69) is 6.92 Å². The van der Waals surface area contributed by atoms with E-state index in [0.29, 0.717) is 6.42 Å². The van der Waals surface area contributed by atoms with Gasteiger partial charge >= 0.3 is 6.18 Å². The molecule has 0 fully saturated rings. The number of hydrogen-bond acceptors (Lipinski definition) is 0. The third-order valence-electron chi connectivity index (χ3n) is 2.81. The molecule has 0 unspecified atom stereocenters. The van der Waals surface area contributed by atoms with E-state index >= 15 is 0 Å². The summed E-state index contributed by atoms with van der Waals surface area (Å²) in [5, 5.41) is 0. The smallest absolute Gasteiger partial charge is 0.171 e. The lowest BCUT2D eigenvalue weighted by atomic mass is 10.1. The Morgan fingerprint density at radius 3 is 1.38 bits per heavy atom. The molecule has 0 heterocycles. The zero-order valence-electron chi connectivity index (χ0n) is 10.4. The van der Waals surface area contributed by atoms with Gasteiger partial charge in [-0.25, -0.2) is 0 Å². The summed E-state index contributed by atoms with van der Waals surface area (Å²) >= 11 is 0. The van der Waals surface area contributed by atoms with E-state index in [1.165, 1.54) is 38.5 Å². The maximum atomic E-state index is 11.8. The molecule has 0 aromatic heterocycles. The molecular weight excluding hydrogens is 213 g/mol. The molecule has 3 heteroatoms. The van der Waals surface area contributed by atoms with Gasteiger partial charge in [-0.1, -0.05) is 64.7 Å². The van der Waals surface area contributed by atoms with Crippen molar-refractivity contribution in [1.29, 1.82) is 0 Å². The van der Waals surface area contributed by atoms with Crippen molar-refractivity contribution in [1.82, 2.24) is 0 Å². The van der Waals surface area contributed by atoms with Crippen LogP contribution in [0.4, 0.5) is 13.2 Å². The van der Waals surface area contributed by atoms with Crippen molar-refractivity contribution in [3.05, 3.63) is 0 Å². The number of rotatable bonds is 10. The molecule has 0 aromatic carbocycles. The maximum Gasteiger partial charge on any atom is 0.389 e. The minimum absolute atomic E-state index is 0.305. The highest BCUT2D eigenvalue weighted by atomic mass is 19.4. The van der Waals surface area contributed by atoms with Crippen molar-refractivity contribution >= 4 is 0 Å². The largest absolute Gasteiger partial charge is 0.389 e. The predicted octanol–water partition coefficient (Wildman–Crippen LogP) is 5.86. The average Bonchev–Trinajstić information content (AvgIpc) is 2.19. The van der Waals surface area contributed by atoms with E-state index in [1.54, 1.807) is 0 Å². The van der Waals surface area contributed by atoms with Crippen LogP contribution >= 0.6 is 0 Å². The summed E-state index contributed by atoms with van der Waals surface area (Å²) in [5.74, 6) is 0. The molecule has 16 heavy (non-hydrogen) atoms. The Morgan fingerprint density at radius 2 is 1.00 bits per heavy atom. The maximum absolute atomic E-state index is 11.8. The van der Waals surface area contributed by atoms with E-state index < -0.39 is 12.6 Å². The van der Waals surface area contributed by atoms with Crippen LogP contribution in [0.15, 0.2) is 0 Å². The molecule has 0 aromatic rings. The van der Waals surface area contributed by atoms with Gasteiger partial charge in [-0.05, 0) is 6.42 Å². The summed E-state index contributed by atoms with van der Waals surface area (Å²) in [5.41, 5.74) is 0. The first-order valence-corrected chi connectivity index (χ1v) is 6.63. The van der Waals surface area contributed by atoms with E-state index in [9.17, 15) is 13.2 Å². The van der Waals surface area contributed by atoms with E-state index in [1.807, 2.05) is 0 Å². The summed E-state index contributed by atoms with van der Waals surface area (Å²) in [6, 6.07) is 0. The molecule has 0 aliphatic heterocycles. The average molecular weight is 238 g/mol. The van der Waals surface area contributed by atoms with Crippen LogP contribution in [-0.4, -0.2) is 6.18 Å². The Balaban J connectivity index is 2.99. The van der Waals surface area contributed by atoms with Gasteiger partial charge in [-0.2, -0.15) is 13.2 Å². The summed E-state index contributed by atoms with van der Waals surface area (Å²) in [4.78, 5) is 0. The lowest BCUT2D eigenvalue weighted by molar-refractivity contribution is -0.135. The molecule has 0 saturated carbocycles. The second-order valence-electron chi connectivity index (χ2n) is 4.55. The highest BCUT2D eigenvalue weighted by Gasteiger charge is 2.25. The van der Waals surface area contributed by atoms with Crippen LogP contribution in [0.25, 0.3) is 0 Å². The Labute approximate surface area is 97.6 Å². The number of hydrogen-bond donors (Lipinski definition) is 0. The fraction of sp³-hybridized carbons (Fsp3) is 1.00. The minimum Gasteiger partial charge on any atom is -0.171 e. The molecular formula is C13H25F3. The van der Waals surface area contributed by atoms with Gasteiger partial charge in [0, 0.05) is 6.42 Å². The molecule has 0 saturated heterocycles. The molecule has 0 spiro atoms. The van der Waals surface area contributed by atoms with Gasteiger partial charge in [0.25, 0.3) is 0 Å². The van der Waals surface area contributed by atoms with Gasteiger partial charge in [0.2, 0.25) is 0 Å². The van der Waals surface area contributed by atoms with Crippen LogP contribution in [0.5, 0.6) is 0 Å². The Bertz CT molecular complexity index is 141. The minimum atomic E-state index is -3.96. The third kappa shape index (κ3) is 13.8. The lowest BCUT2D eigenvalue weighted by Gasteiger charge is -2.05. The third-order valence-corrected chi connectivity index (χ3v) is 2.81. The zero-order valence-corrected chi connectivity index (χ0v) is 10.4. The van der Waals surface area contributed by atoms with Crippen molar-refractivity contribution in [3.63, 3.8) is 0 Å². The van der Waals surface area contributed by atoms with E-state index in [4.69, 9.17) is 0 Å². The van der Waals surface area contributed by atoms with E-state index in [-0.39, 0.29) is 0 Å². The quantitative estimate of drug-likeness (QED) is 0.418. The van der Waals surface area contributed by atoms with Crippen LogP contribution in [-0.2, 0) is 0 Å². The molecule has 0 radical (unpaired) electrons. The molecule has 0 N–H and O–H groups in total. The predicted molar refractivity (Wildman–Crippen MR) is 62.5 cm³/mol. The van der Waals surface area contributed by atoms with Crippen LogP contribution in [0.1, 0.15) is 77.6 Å². The molecule has 0 bridgehead atoms. The Hall–Kier alpha value is -0.210. The first-order valence-electron chi connectivity index (χ1n) is 6.63. The fourth-order valence-electron chi connectivity index (χ4n) is 1.81. The molecule has 98 valence electrons. The Kier molecular flexibility index (Phi) is 9.85.